The topological polar surface area (TPSA) is 93.1 Å². The van der Waals surface area contributed by atoms with Crippen molar-refractivity contribution in [1.82, 2.24) is 0 Å². The number of carbonyl (C=O) groups is 3. The van der Waals surface area contributed by atoms with Gasteiger partial charge in [0.1, 0.15) is 6.04 Å². The van der Waals surface area contributed by atoms with Crippen LogP contribution in [0.2, 0.25) is 0 Å². The molecule has 21 heavy (non-hydrogen) atoms. The number of hydrogen-bond acceptors (Lipinski definition) is 5. The van der Waals surface area contributed by atoms with Gasteiger partial charge in [-0.1, -0.05) is 0 Å². The Hall–Kier alpha value is -2.57. The summed E-state index contributed by atoms with van der Waals surface area (Å²) < 4.78 is 10.1. The van der Waals surface area contributed by atoms with E-state index in [0.717, 1.165) is 4.90 Å². The lowest BCUT2D eigenvalue weighted by Crippen LogP contribution is -2.42. The highest BCUT2D eigenvalue weighted by atomic mass is 16.6. The van der Waals surface area contributed by atoms with Crippen LogP contribution in [0.5, 0.6) is 11.5 Å². The van der Waals surface area contributed by atoms with Crippen molar-refractivity contribution in [2.45, 2.75) is 26.8 Å². The van der Waals surface area contributed by atoms with Gasteiger partial charge in [0.05, 0.1) is 7.11 Å². The van der Waals surface area contributed by atoms with Gasteiger partial charge in [0, 0.05) is 25.6 Å². The first kappa shape index (κ1) is 16.5. The monoisotopic (exact) mass is 295 g/mol. The van der Waals surface area contributed by atoms with Gasteiger partial charge in [0.15, 0.2) is 11.5 Å². The lowest BCUT2D eigenvalue weighted by atomic mass is 10.2. The van der Waals surface area contributed by atoms with Crippen molar-refractivity contribution in [2.24, 2.45) is 0 Å². The van der Waals surface area contributed by atoms with Crippen molar-refractivity contribution in [3.8, 4) is 11.5 Å². The number of carbonyl (C=O) groups excluding carboxylic acids is 2. The Kier molecular flexibility index (Phi) is 5.29. The molecule has 1 atom stereocenters. The maximum absolute atomic E-state index is 11.7. The summed E-state index contributed by atoms with van der Waals surface area (Å²) in [5.74, 6) is -1.64. The Morgan fingerprint density at radius 3 is 2.24 bits per heavy atom. The first-order valence-electron chi connectivity index (χ1n) is 6.17. The van der Waals surface area contributed by atoms with E-state index in [4.69, 9.17) is 14.6 Å². The van der Waals surface area contributed by atoms with Crippen molar-refractivity contribution in [1.29, 1.82) is 0 Å². The highest BCUT2D eigenvalue weighted by molar-refractivity contribution is 5.97. The van der Waals surface area contributed by atoms with Crippen molar-refractivity contribution >= 4 is 23.5 Å². The standard InChI is InChI=1S/C14H17NO6/c1-8(14(18)19)15(9(2)16)11-5-6-12(21-10(3)17)13(7-11)20-4/h5-8H,1-4H3,(H,18,19)/t8-/m0/s1. The number of benzene rings is 1. The van der Waals surface area contributed by atoms with Gasteiger partial charge in [-0.25, -0.2) is 4.79 Å². The second kappa shape index (κ2) is 6.74. The van der Waals surface area contributed by atoms with Crippen LogP contribution in [-0.2, 0) is 14.4 Å². The van der Waals surface area contributed by atoms with Gasteiger partial charge in [-0.2, -0.15) is 0 Å². The molecule has 0 aliphatic carbocycles. The van der Waals surface area contributed by atoms with Crippen LogP contribution in [-0.4, -0.2) is 36.1 Å². The molecule has 7 nitrogen and oxygen atoms in total. The quantitative estimate of drug-likeness (QED) is 0.652. The minimum absolute atomic E-state index is 0.195. The van der Waals surface area contributed by atoms with E-state index < -0.39 is 23.9 Å². The van der Waals surface area contributed by atoms with E-state index in [-0.39, 0.29) is 11.5 Å². The second-order valence-electron chi connectivity index (χ2n) is 4.33. The van der Waals surface area contributed by atoms with Crippen LogP contribution < -0.4 is 14.4 Å². The van der Waals surface area contributed by atoms with Crippen molar-refractivity contribution in [3.63, 3.8) is 0 Å². The minimum atomic E-state index is -1.13. The zero-order valence-electron chi connectivity index (χ0n) is 12.2. The lowest BCUT2D eigenvalue weighted by molar-refractivity contribution is -0.139. The van der Waals surface area contributed by atoms with Gasteiger partial charge in [0.2, 0.25) is 5.91 Å². The molecule has 1 amide bonds. The summed E-state index contributed by atoms with van der Waals surface area (Å²) in [6.07, 6.45) is 0. The summed E-state index contributed by atoms with van der Waals surface area (Å²) in [6, 6.07) is 3.34. The van der Waals surface area contributed by atoms with E-state index in [0.29, 0.717) is 5.69 Å². The fourth-order valence-corrected chi connectivity index (χ4v) is 1.83. The fourth-order valence-electron chi connectivity index (χ4n) is 1.83. The maximum atomic E-state index is 11.7. The molecule has 1 aromatic rings. The summed E-state index contributed by atoms with van der Waals surface area (Å²) in [7, 11) is 1.38. The molecule has 0 aromatic heterocycles. The highest BCUT2D eigenvalue weighted by Gasteiger charge is 2.25. The zero-order chi connectivity index (χ0) is 16.2. The van der Waals surface area contributed by atoms with Crippen LogP contribution in [0.25, 0.3) is 0 Å². The minimum Gasteiger partial charge on any atom is -0.493 e. The van der Waals surface area contributed by atoms with E-state index >= 15 is 0 Å². The molecule has 0 unspecified atom stereocenters. The van der Waals surface area contributed by atoms with Gasteiger partial charge >= 0.3 is 11.9 Å². The molecule has 7 heteroatoms. The van der Waals surface area contributed by atoms with Crippen molar-refractivity contribution < 1.29 is 29.0 Å². The normalized spacial score (nSPS) is 11.4. The van der Waals surface area contributed by atoms with Gasteiger partial charge < -0.3 is 14.6 Å². The predicted octanol–water partition coefficient (Wildman–Crippen LogP) is 1.45. The van der Waals surface area contributed by atoms with E-state index in [9.17, 15) is 14.4 Å². The molecular weight excluding hydrogens is 278 g/mol. The van der Waals surface area contributed by atoms with E-state index in [1.807, 2.05) is 0 Å². The summed E-state index contributed by atoms with van der Waals surface area (Å²) in [5, 5.41) is 9.07. The summed E-state index contributed by atoms with van der Waals surface area (Å²) in [6.45, 7) is 3.92. The Labute approximate surface area is 122 Å². The summed E-state index contributed by atoms with van der Waals surface area (Å²) in [5.41, 5.74) is 0.338. The highest BCUT2D eigenvalue weighted by Crippen LogP contribution is 2.32. The molecule has 114 valence electrons. The number of rotatable bonds is 5. The fraction of sp³-hybridized carbons (Fsp3) is 0.357. The van der Waals surface area contributed by atoms with Crippen molar-refractivity contribution in [2.75, 3.05) is 12.0 Å². The molecular formula is C14H17NO6. The Morgan fingerprint density at radius 2 is 1.81 bits per heavy atom. The number of aliphatic carboxylic acids is 1. The van der Waals surface area contributed by atoms with Gasteiger partial charge in [0.25, 0.3) is 0 Å². The summed E-state index contributed by atoms with van der Waals surface area (Å²) >= 11 is 0. The largest absolute Gasteiger partial charge is 0.493 e. The zero-order valence-corrected chi connectivity index (χ0v) is 12.2. The molecule has 0 radical (unpaired) electrons. The lowest BCUT2D eigenvalue weighted by Gasteiger charge is -2.25. The Bertz CT molecular complexity index is 569. The van der Waals surface area contributed by atoms with Crippen molar-refractivity contribution in [3.05, 3.63) is 18.2 Å². The number of amides is 1. The average Bonchev–Trinajstić information content (AvgIpc) is 2.39. The molecule has 1 rings (SSSR count). The number of anilines is 1. The number of carboxylic acid groups (broad SMARTS) is 1. The first-order valence-corrected chi connectivity index (χ1v) is 6.17. The SMILES string of the molecule is COc1cc(N(C(C)=O)[C@@H](C)C(=O)O)ccc1OC(C)=O. The van der Waals surface area contributed by atoms with E-state index in [1.54, 1.807) is 0 Å². The molecule has 0 heterocycles. The molecule has 0 bridgehead atoms. The van der Waals surface area contributed by atoms with Crippen LogP contribution in [0.4, 0.5) is 5.69 Å². The van der Waals surface area contributed by atoms with Crippen LogP contribution in [0.15, 0.2) is 18.2 Å². The van der Waals surface area contributed by atoms with Crippen LogP contribution in [0.1, 0.15) is 20.8 Å². The average molecular weight is 295 g/mol. The summed E-state index contributed by atoms with van der Waals surface area (Å²) in [4.78, 5) is 34.9. The first-order chi connectivity index (χ1) is 9.77. The molecule has 0 fully saturated rings. The van der Waals surface area contributed by atoms with Gasteiger partial charge in [-0.3, -0.25) is 14.5 Å². The number of methoxy groups -OCH3 is 1. The number of esters is 1. The van der Waals surface area contributed by atoms with Crippen LogP contribution in [0.3, 0.4) is 0 Å². The van der Waals surface area contributed by atoms with E-state index in [2.05, 4.69) is 0 Å². The maximum Gasteiger partial charge on any atom is 0.326 e. The van der Waals surface area contributed by atoms with Crippen LogP contribution >= 0.6 is 0 Å². The molecule has 0 saturated carbocycles. The molecule has 1 aromatic carbocycles. The van der Waals surface area contributed by atoms with Gasteiger partial charge in [-0.15, -0.1) is 0 Å². The second-order valence-corrected chi connectivity index (χ2v) is 4.33. The number of nitrogens with zero attached hydrogens (tertiary/aromatic N) is 1. The third kappa shape index (κ3) is 3.95. The van der Waals surface area contributed by atoms with Crippen LogP contribution in [0, 0.1) is 0 Å². The molecule has 1 N–H and O–H groups in total. The predicted molar refractivity (Wildman–Crippen MR) is 74.6 cm³/mol. The molecule has 0 spiro atoms. The molecule has 0 aliphatic rings. The number of ether oxygens (including phenoxy) is 2. The molecule has 0 saturated heterocycles. The molecule has 0 aliphatic heterocycles. The Morgan fingerprint density at radius 1 is 1.19 bits per heavy atom. The van der Waals surface area contributed by atoms with Gasteiger partial charge in [-0.05, 0) is 19.1 Å². The third-order valence-corrected chi connectivity index (χ3v) is 2.76. The Balaban J connectivity index is 3.25. The number of carboxylic acids is 1. The van der Waals surface area contributed by atoms with E-state index in [1.165, 1.54) is 46.1 Å². The number of hydrogen-bond donors (Lipinski definition) is 1. The third-order valence-electron chi connectivity index (χ3n) is 2.76. The smallest absolute Gasteiger partial charge is 0.326 e.